The third kappa shape index (κ3) is 1.26. The van der Waals surface area contributed by atoms with Gasteiger partial charge in [-0.15, -0.1) is 0 Å². The van der Waals surface area contributed by atoms with Gasteiger partial charge >= 0.3 is 5.97 Å². The Hall–Kier alpha value is -1.78. The second-order valence-electron chi connectivity index (χ2n) is 2.99. The van der Waals surface area contributed by atoms with Crippen LogP contribution in [0.4, 0.5) is 0 Å². The van der Waals surface area contributed by atoms with Crippen LogP contribution in [0.3, 0.4) is 0 Å². The van der Waals surface area contributed by atoms with E-state index in [1.54, 1.807) is 0 Å². The zero-order valence-corrected chi connectivity index (χ0v) is 7.52. The Labute approximate surface area is 80.4 Å². The second-order valence-corrected chi connectivity index (χ2v) is 2.99. The first-order chi connectivity index (χ1) is 6.72. The molecule has 2 rings (SSSR count). The van der Waals surface area contributed by atoms with Gasteiger partial charge in [0.15, 0.2) is 12.0 Å². The first kappa shape index (κ1) is 8.80. The van der Waals surface area contributed by atoms with Gasteiger partial charge in [-0.3, -0.25) is 4.79 Å². The van der Waals surface area contributed by atoms with E-state index in [1.165, 1.54) is 25.5 Å². The lowest BCUT2D eigenvalue weighted by Crippen LogP contribution is -2.38. The third-order valence-corrected chi connectivity index (χ3v) is 2.13. The van der Waals surface area contributed by atoms with Gasteiger partial charge < -0.3 is 14.8 Å². The fourth-order valence-corrected chi connectivity index (χ4v) is 1.42. The minimum Gasteiger partial charge on any atom is -0.463 e. The van der Waals surface area contributed by atoms with E-state index in [2.05, 4.69) is 10.1 Å². The molecular formula is C9H9NO4. The highest BCUT2D eigenvalue weighted by molar-refractivity contribution is 5.96. The smallest absolute Gasteiger partial charge is 0.373 e. The summed E-state index contributed by atoms with van der Waals surface area (Å²) in [5.41, 5.74) is 0. The monoisotopic (exact) mass is 195 g/mol. The Bertz CT molecular complexity index is 345. The van der Waals surface area contributed by atoms with Crippen molar-refractivity contribution in [3.8, 4) is 0 Å². The number of rotatable bonds is 1. The number of hydrogen-bond acceptors (Lipinski definition) is 5. The summed E-state index contributed by atoms with van der Waals surface area (Å²) in [5.74, 6) is -0.970. The molecule has 0 saturated carbocycles. The molecule has 74 valence electrons. The average molecular weight is 195 g/mol. The normalized spacial score (nSPS) is 28.6. The van der Waals surface area contributed by atoms with E-state index in [4.69, 9.17) is 4.74 Å². The van der Waals surface area contributed by atoms with Gasteiger partial charge in [0.1, 0.15) is 0 Å². The molecule has 5 nitrogen and oxygen atoms in total. The van der Waals surface area contributed by atoms with Crippen molar-refractivity contribution in [3.05, 3.63) is 24.1 Å². The maximum atomic E-state index is 11.3. The predicted octanol–water partition coefficient (Wildman–Crippen LogP) is -0.298. The molecule has 2 aliphatic heterocycles. The highest BCUT2D eigenvalue weighted by atomic mass is 16.6. The van der Waals surface area contributed by atoms with E-state index >= 15 is 0 Å². The molecule has 0 aromatic heterocycles. The summed E-state index contributed by atoms with van der Waals surface area (Å²) < 4.78 is 9.68. The number of esters is 1. The number of allylic oxidation sites excluding steroid dienone is 1. The molecule has 0 bridgehead atoms. The van der Waals surface area contributed by atoms with Crippen molar-refractivity contribution in [3.63, 3.8) is 0 Å². The van der Waals surface area contributed by atoms with Gasteiger partial charge in [0.2, 0.25) is 5.76 Å². The largest absolute Gasteiger partial charge is 0.463 e. The average Bonchev–Trinajstić information content (AvgIpc) is 2.62. The van der Waals surface area contributed by atoms with Crippen LogP contribution in [0, 0.1) is 5.92 Å². The molecule has 1 N–H and O–H groups in total. The van der Waals surface area contributed by atoms with Crippen molar-refractivity contribution in [2.24, 2.45) is 5.92 Å². The van der Waals surface area contributed by atoms with Gasteiger partial charge in [0.05, 0.1) is 13.0 Å². The van der Waals surface area contributed by atoms with Gasteiger partial charge in [0, 0.05) is 6.20 Å². The van der Waals surface area contributed by atoms with Crippen LogP contribution in [0.5, 0.6) is 0 Å². The molecule has 2 atom stereocenters. The van der Waals surface area contributed by atoms with E-state index in [0.29, 0.717) is 0 Å². The fourth-order valence-electron chi connectivity index (χ4n) is 1.42. The first-order valence-electron chi connectivity index (χ1n) is 4.15. The first-order valence-corrected chi connectivity index (χ1v) is 4.15. The number of carbonyl (C=O) groups excluding carboxylic acids is 2. The van der Waals surface area contributed by atoms with Crippen LogP contribution in [-0.2, 0) is 19.1 Å². The van der Waals surface area contributed by atoms with E-state index in [9.17, 15) is 9.59 Å². The van der Waals surface area contributed by atoms with Crippen molar-refractivity contribution >= 4 is 11.8 Å². The van der Waals surface area contributed by atoms with Gasteiger partial charge in [-0.25, -0.2) is 4.79 Å². The van der Waals surface area contributed by atoms with Crippen LogP contribution in [0.2, 0.25) is 0 Å². The summed E-state index contributed by atoms with van der Waals surface area (Å²) in [5, 5.41) is 2.84. The quantitative estimate of drug-likeness (QED) is 0.582. The van der Waals surface area contributed by atoms with Crippen LogP contribution < -0.4 is 5.32 Å². The Kier molecular flexibility index (Phi) is 1.99. The molecule has 0 aromatic rings. The fraction of sp³-hybridized carbons (Fsp3) is 0.333. The number of ketones is 1. The van der Waals surface area contributed by atoms with Gasteiger partial charge in [-0.05, 0) is 12.2 Å². The predicted molar refractivity (Wildman–Crippen MR) is 45.7 cm³/mol. The van der Waals surface area contributed by atoms with E-state index in [-0.39, 0.29) is 11.5 Å². The van der Waals surface area contributed by atoms with Crippen molar-refractivity contribution in [1.82, 2.24) is 5.32 Å². The van der Waals surface area contributed by atoms with Crippen molar-refractivity contribution < 1.29 is 19.1 Å². The Morgan fingerprint density at radius 2 is 2.43 bits per heavy atom. The summed E-state index contributed by atoms with van der Waals surface area (Å²) in [7, 11) is 1.27. The van der Waals surface area contributed by atoms with Crippen molar-refractivity contribution in [2.45, 2.75) is 6.23 Å². The number of methoxy groups -OCH3 is 1. The van der Waals surface area contributed by atoms with Gasteiger partial charge in [-0.1, -0.05) is 0 Å². The Morgan fingerprint density at radius 3 is 3.07 bits per heavy atom. The third-order valence-electron chi connectivity index (χ3n) is 2.13. The van der Waals surface area contributed by atoms with Crippen LogP contribution in [0.15, 0.2) is 24.1 Å². The molecule has 0 aromatic carbocycles. The van der Waals surface area contributed by atoms with Crippen LogP contribution in [0.25, 0.3) is 0 Å². The van der Waals surface area contributed by atoms with Gasteiger partial charge in [0.25, 0.3) is 0 Å². The molecule has 2 aliphatic rings. The van der Waals surface area contributed by atoms with Crippen LogP contribution in [0.1, 0.15) is 0 Å². The van der Waals surface area contributed by atoms with E-state index < -0.39 is 18.1 Å². The lowest BCUT2D eigenvalue weighted by atomic mass is 10.0. The molecule has 0 amide bonds. The number of fused-ring (bicyclic) bond motifs is 1. The number of carbonyl (C=O) groups is 2. The topological polar surface area (TPSA) is 64.6 Å². The van der Waals surface area contributed by atoms with Crippen molar-refractivity contribution in [2.75, 3.05) is 7.11 Å². The molecule has 0 aliphatic carbocycles. The molecule has 0 saturated heterocycles. The summed E-state index contributed by atoms with van der Waals surface area (Å²) >= 11 is 0. The standard InChI is InChI=1S/C9H9NO4/c1-13-9(12)7-4-5-6(11)2-3-10-8(5)14-7/h2-5,8,10H,1H3. The number of ether oxygens (including phenoxy) is 2. The minimum atomic E-state index is -0.561. The maximum absolute atomic E-state index is 11.3. The highest BCUT2D eigenvalue weighted by Crippen LogP contribution is 2.25. The molecular weight excluding hydrogens is 186 g/mol. The van der Waals surface area contributed by atoms with Crippen molar-refractivity contribution in [1.29, 1.82) is 0 Å². The summed E-state index contributed by atoms with van der Waals surface area (Å²) in [6.07, 6.45) is 3.94. The zero-order valence-electron chi connectivity index (χ0n) is 7.52. The molecule has 0 fully saturated rings. The summed E-state index contributed by atoms with van der Waals surface area (Å²) in [6.45, 7) is 0. The number of hydrogen-bond donors (Lipinski definition) is 1. The molecule has 5 heteroatoms. The maximum Gasteiger partial charge on any atom is 0.373 e. The van der Waals surface area contributed by atoms with E-state index in [0.717, 1.165) is 0 Å². The lowest BCUT2D eigenvalue weighted by molar-refractivity contribution is -0.141. The molecule has 14 heavy (non-hydrogen) atoms. The zero-order chi connectivity index (χ0) is 10.1. The molecule has 2 heterocycles. The molecule has 0 radical (unpaired) electrons. The second kappa shape index (κ2) is 3.17. The Morgan fingerprint density at radius 1 is 1.64 bits per heavy atom. The molecule has 2 unspecified atom stereocenters. The van der Waals surface area contributed by atoms with Crippen LogP contribution in [-0.4, -0.2) is 25.1 Å². The minimum absolute atomic E-state index is 0.0762. The summed E-state index contributed by atoms with van der Waals surface area (Å²) in [4.78, 5) is 22.4. The van der Waals surface area contributed by atoms with Gasteiger partial charge in [-0.2, -0.15) is 0 Å². The Balaban J connectivity index is 2.19. The lowest BCUT2D eigenvalue weighted by Gasteiger charge is -2.20. The molecule has 0 spiro atoms. The highest BCUT2D eigenvalue weighted by Gasteiger charge is 2.37. The van der Waals surface area contributed by atoms with Crippen LogP contribution >= 0.6 is 0 Å². The summed E-state index contributed by atoms with van der Waals surface area (Å²) in [6, 6.07) is 0. The van der Waals surface area contributed by atoms with E-state index in [1.807, 2.05) is 0 Å². The SMILES string of the molecule is COC(=O)C1=CC2C(=O)C=CNC2O1. The number of nitrogens with one attached hydrogen (secondary N) is 1.